The number of aliphatic carboxylic acids is 1. The Morgan fingerprint density at radius 2 is 0.875 bits per heavy atom. The molecule has 0 aliphatic heterocycles. The summed E-state index contributed by atoms with van der Waals surface area (Å²) in [6, 6.07) is 0. The third kappa shape index (κ3) is 492. The van der Waals surface area contributed by atoms with Gasteiger partial charge in [0.25, 0.3) is 5.97 Å². The summed E-state index contributed by atoms with van der Waals surface area (Å²) in [5.41, 5.74) is 0. The number of nitrogens with one attached hydrogen (secondary N) is 2. The van der Waals surface area contributed by atoms with E-state index >= 15 is 0 Å². The van der Waals surface area contributed by atoms with Crippen LogP contribution in [-0.2, 0) is 14.4 Å². The summed E-state index contributed by atoms with van der Waals surface area (Å²) in [5, 5.41) is 18.2. The molecular formula is C10H30N2O4. The Morgan fingerprint density at radius 3 is 0.875 bits per heavy atom. The fraction of sp³-hybridized carbons (Fsp3) is 0.700. The number of carboxylic acid groups (broad SMARTS) is 1. The first-order valence-electron chi connectivity index (χ1n) is 1.84. The minimum atomic E-state index is -0.833. The van der Waals surface area contributed by atoms with Crippen LogP contribution in [0.4, 0.5) is 0 Å². The van der Waals surface area contributed by atoms with Gasteiger partial charge in [0.05, 0.1) is 0 Å². The van der Waals surface area contributed by atoms with Crippen LogP contribution in [-0.4, -0.2) is 23.2 Å². The molecule has 0 bridgehead atoms. The zero-order valence-electron chi connectivity index (χ0n) is 5.17. The molecule has 0 radical (unpaired) electrons. The number of carbonyl (C=O) groups excluding carboxylic acids is 2. The van der Waals surface area contributed by atoms with Crippen LogP contribution in [0.15, 0.2) is 0 Å². The first-order chi connectivity index (χ1) is 4.56. The normalized spacial score (nSPS) is 2.56. The van der Waals surface area contributed by atoms with Crippen molar-refractivity contribution in [1.29, 1.82) is 10.8 Å². The highest BCUT2D eigenvalue weighted by Crippen LogP contribution is 1.42. The van der Waals surface area contributed by atoms with Crippen molar-refractivity contribution in [3.05, 3.63) is 0 Å². The van der Waals surface area contributed by atoms with Crippen LogP contribution >= 0.6 is 0 Å². The van der Waals surface area contributed by atoms with Crippen molar-refractivity contribution >= 4 is 18.1 Å². The third-order valence-electron chi connectivity index (χ3n) is 0. The van der Waals surface area contributed by atoms with E-state index in [1.54, 1.807) is 0 Å². The van der Waals surface area contributed by atoms with Crippen molar-refractivity contribution in [2.75, 3.05) is 0 Å². The predicted octanol–water partition coefficient (Wildman–Crippen LogP) is 3.71. The van der Waals surface area contributed by atoms with Crippen molar-refractivity contribution in [1.82, 2.24) is 0 Å². The molecule has 104 valence electrons. The smallest absolute Gasteiger partial charge is 0.300 e. The van der Waals surface area contributed by atoms with Crippen LogP contribution in [0.25, 0.3) is 0 Å². The fourth-order valence-corrected chi connectivity index (χ4v) is 0. The van der Waals surface area contributed by atoms with Crippen molar-refractivity contribution in [2.24, 2.45) is 0 Å². The summed E-state index contributed by atoms with van der Waals surface area (Å²) >= 11 is 0. The number of hydrogen-bond acceptors (Lipinski definition) is 5. The van der Waals surface area contributed by atoms with Gasteiger partial charge in [0.2, 0.25) is 12.2 Å². The fourth-order valence-electron chi connectivity index (χ4n) is 0. The summed E-state index contributed by atoms with van der Waals surface area (Å²) in [7, 11) is 0. The largest absolute Gasteiger partial charge is 0.481 e. The Bertz CT molecular complexity index is 131. The first kappa shape index (κ1) is 91.1. The van der Waals surface area contributed by atoms with Gasteiger partial charge in [-0.05, 0) is 0 Å². The molecule has 0 aliphatic rings. The predicted molar refractivity (Wildman–Crippen MR) is 70.5 cm³/mol. The van der Waals surface area contributed by atoms with E-state index in [9.17, 15) is 0 Å². The van der Waals surface area contributed by atoms with Gasteiger partial charge in [0, 0.05) is 6.92 Å². The molecule has 6 heteroatoms. The maximum absolute atomic E-state index is 9.00. The second kappa shape index (κ2) is 190. The van der Waals surface area contributed by atoms with Gasteiger partial charge >= 0.3 is 0 Å². The van der Waals surface area contributed by atoms with Gasteiger partial charge in [0.1, 0.15) is 0 Å². The van der Waals surface area contributed by atoms with Gasteiger partial charge in [0.15, 0.2) is 0 Å². The minimum Gasteiger partial charge on any atom is -0.481 e. The van der Waals surface area contributed by atoms with Crippen LogP contribution < -0.4 is 0 Å². The van der Waals surface area contributed by atoms with Crippen molar-refractivity contribution < 1.29 is 19.5 Å². The summed E-state index contributed by atoms with van der Waals surface area (Å²) in [6.07, 6.45) is 1.50. The molecule has 0 aromatic carbocycles. The van der Waals surface area contributed by atoms with Crippen LogP contribution in [0, 0.1) is 10.8 Å². The second-order valence-corrected chi connectivity index (χ2v) is 0.723. The SMILES string of the molecule is C.C.C.C.C.C.CC(=O)O.N=C=O.N=C=O. The number of rotatable bonds is 0. The zero-order chi connectivity index (χ0) is 8.99. The van der Waals surface area contributed by atoms with E-state index in [1.807, 2.05) is 0 Å². The van der Waals surface area contributed by atoms with Gasteiger partial charge in [-0.15, -0.1) is 0 Å². The van der Waals surface area contributed by atoms with E-state index in [1.165, 1.54) is 0 Å². The van der Waals surface area contributed by atoms with Crippen LogP contribution in [0.2, 0.25) is 0 Å². The molecule has 0 heterocycles. The van der Waals surface area contributed by atoms with Crippen LogP contribution in [0.5, 0.6) is 0 Å². The van der Waals surface area contributed by atoms with E-state index in [4.69, 9.17) is 30.3 Å². The summed E-state index contributed by atoms with van der Waals surface area (Å²) < 4.78 is 0. The third-order valence-corrected chi connectivity index (χ3v) is 0. The average Bonchev–Trinajstić information content (AvgIpc) is 1.65. The molecule has 3 N–H and O–H groups in total. The Labute approximate surface area is 101 Å². The first-order valence-corrected chi connectivity index (χ1v) is 1.84. The average molecular weight is 242 g/mol. The van der Waals surface area contributed by atoms with E-state index < -0.39 is 5.97 Å². The maximum atomic E-state index is 9.00. The van der Waals surface area contributed by atoms with Crippen molar-refractivity contribution in [2.45, 2.75) is 51.5 Å². The van der Waals surface area contributed by atoms with Crippen molar-refractivity contribution in [3.8, 4) is 0 Å². The molecule has 0 fully saturated rings. The molecule has 0 atom stereocenters. The van der Waals surface area contributed by atoms with Gasteiger partial charge in [-0.25, -0.2) is 20.4 Å². The summed E-state index contributed by atoms with van der Waals surface area (Å²) in [4.78, 5) is 25.7. The maximum Gasteiger partial charge on any atom is 0.300 e. The molecule has 0 saturated carbocycles. The van der Waals surface area contributed by atoms with Gasteiger partial charge < -0.3 is 5.11 Å². The number of carboxylic acids is 1. The summed E-state index contributed by atoms with van der Waals surface area (Å²) in [6.45, 7) is 1.08. The van der Waals surface area contributed by atoms with E-state index in [0.717, 1.165) is 19.1 Å². The molecule has 0 aromatic rings. The van der Waals surface area contributed by atoms with Gasteiger partial charge in [-0.3, -0.25) is 4.79 Å². The summed E-state index contributed by atoms with van der Waals surface area (Å²) in [5.74, 6) is -0.833. The highest BCUT2D eigenvalue weighted by atomic mass is 16.4. The molecule has 6 nitrogen and oxygen atoms in total. The van der Waals surface area contributed by atoms with Gasteiger partial charge in [-0.2, -0.15) is 0 Å². The number of carbonyl (C=O) groups is 1. The van der Waals surface area contributed by atoms with E-state index in [2.05, 4.69) is 0 Å². The Balaban J connectivity index is -0.00000000558. The Morgan fingerprint density at radius 1 is 0.875 bits per heavy atom. The molecule has 0 unspecified atom stereocenters. The highest BCUT2D eigenvalue weighted by Gasteiger charge is 1.65. The quantitative estimate of drug-likeness (QED) is 0.443. The monoisotopic (exact) mass is 242 g/mol. The lowest BCUT2D eigenvalue weighted by Crippen LogP contribution is -1.78. The molecule has 0 aliphatic carbocycles. The highest BCUT2D eigenvalue weighted by molar-refractivity contribution is 5.62. The van der Waals surface area contributed by atoms with Gasteiger partial charge in [-0.1, -0.05) is 44.6 Å². The van der Waals surface area contributed by atoms with Crippen LogP contribution in [0.1, 0.15) is 51.5 Å². The number of isocyanates is 2. The molecule has 0 amide bonds. The standard InChI is InChI=1S/C2H4O2.2CHNO.6CH4/c1-2(3)4;2*2-1-3;;;;;;/h1H3,(H,3,4);2*2H;6*1H4. The molecular weight excluding hydrogens is 212 g/mol. The lowest BCUT2D eigenvalue weighted by Gasteiger charge is -1.59. The topological polar surface area (TPSA) is 119 Å². The zero-order valence-corrected chi connectivity index (χ0v) is 5.17. The van der Waals surface area contributed by atoms with Crippen LogP contribution in [0.3, 0.4) is 0 Å². The molecule has 0 rings (SSSR count). The Kier molecular flexibility index (Phi) is 1080. The molecule has 0 spiro atoms. The lowest BCUT2D eigenvalue weighted by atomic mass is 10.9. The molecule has 16 heavy (non-hydrogen) atoms. The van der Waals surface area contributed by atoms with E-state index in [0.29, 0.717) is 0 Å². The minimum absolute atomic E-state index is 0. The molecule has 0 aromatic heterocycles. The Hall–Kier alpha value is -1.77. The van der Waals surface area contributed by atoms with E-state index in [-0.39, 0.29) is 44.6 Å². The molecule has 0 saturated heterocycles. The van der Waals surface area contributed by atoms with Crippen molar-refractivity contribution in [3.63, 3.8) is 0 Å². The lowest BCUT2D eigenvalue weighted by molar-refractivity contribution is -0.134. The number of hydrogen-bond donors (Lipinski definition) is 3. The second-order valence-electron chi connectivity index (χ2n) is 0.723.